The molecule has 0 spiro atoms. The van der Waals surface area contributed by atoms with Crippen molar-refractivity contribution in [3.63, 3.8) is 0 Å². The molecule has 1 amide bonds. The van der Waals surface area contributed by atoms with E-state index in [4.69, 9.17) is 0 Å². The number of carbonyl (C=O) groups is 1. The van der Waals surface area contributed by atoms with Gasteiger partial charge in [0.2, 0.25) is 0 Å². The largest absolute Gasteiger partial charge is 0.335 e. The van der Waals surface area contributed by atoms with E-state index in [1.807, 2.05) is 26.0 Å². The molecule has 0 aliphatic carbocycles. The second kappa shape index (κ2) is 4.95. The average Bonchev–Trinajstić information content (AvgIpc) is 2.85. The third-order valence-electron chi connectivity index (χ3n) is 2.79. The molecule has 1 heterocycles. The van der Waals surface area contributed by atoms with Crippen molar-refractivity contribution in [1.82, 2.24) is 25.5 Å². The molecule has 0 bridgehead atoms. The van der Waals surface area contributed by atoms with Gasteiger partial charge in [-0.3, -0.25) is 4.79 Å². The van der Waals surface area contributed by atoms with E-state index in [0.717, 1.165) is 5.56 Å². The number of rotatable bonds is 3. The lowest BCUT2D eigenvalue weighted by Gasteiger charge is -2.16. The highest BCUT2D eigenvalue weighted by molar-refractivity contribution is 5.89. The lowest BCUT2D eigenvalue weighted by atomic mass is 10.1. The Morgan fingerprint density at radius 3 is 2.78 bits per heavy atom. The molecule has 18 heavy (non-hydrogen) atoms. The minimum absolute atomic E-state index is 0.0854. The minimum Gasteiger partial charge on any atom is -0.335 e. The quantitative estimate of drug-likeness (QED) is 0.878. The molecular formula is C12H15N5O. The number of hydrogen-bond donors (Lipinski definition) is 1. The van der Waals surface area contributed by atoms with Crippen molar-refractivity contribution in [1.29, 1.82) is 0 Å². The van der Waals surface area contributed by atoms with Gasteiger partial charge in [-0.15, -0.1) is 10.2 Å². The van der Waals surface area contributed by atoms with Crippen molar-refractivity contribution in [2.45, 2.75) is 20.4 Å². The predicted molar refractivity (Wildman–Crippen MR) is 65.9 cm³/mol. The van der Waals surface area contributed by atoms with Crippen molar-refractivity contribution in [2.75, 3.05) is 7.05 Å². The van der Waals surface area contributed by atoms with Crippen LogP contribution in [0.1, 0.15) is 27.3 Å². The number of nitrogens with one attached hydrogen (secondary N) is 1. The maximum absolute atomic E-state index is 11.9. The molecule has 2 rings (SSSR count). The smallest absolute Gasteiger partial charge is 0.295 e. The summed E-state index contributed by atoms with van der Waals surface area (Å²) >= 11 is 0. The number of aromatic nitrogens is 4. The van der Waals surface area contributed by atoms with Crippen LogP contribution in [0.3, 0.4) is 0 Å². The predicted octanol–water partition coefficient (Wildman–Crippen LogP) is 1.09. The number of aromatic amines is 1. The van der Waals surface area contributed by atoms with Crippen molar-refractivity contribution in [3.05, 3.63) is 40.7 Å². The lowest BCUT2D eigenvalue weighted by molar-refractivity contribution is 0.0773. The van der Waals surface area contributed by atoms with Crippen LogP contribution in [0.2, 0.25) is 0 Å². The number of hydrogen-bond acceptors (Lipinski definition) is 4. The van der Waals surface area contributed by atoms with E-state index in [-0.39, 0.29) is 11.7 Å². The molecule has 0 aliphatic heterocycles. The molecule has 1 N–H and O–H groups in total. The fourth-order valence-electron chi connectivity index (χ4n) is 1.77. The zero-order chi connectivity index (χ0) is 13.1. The van der Waals surface area contributed by atoms with Gasteiger partial charge in [-0.05, 0) is 30.2 Å². The summed E-state index contributed by atoms with van der Waals surface area (Å²) in [6.45, 7) is 4.61. The van der Waals surface area contributed by atoms with E-state index in [2.05, 4.69) is 26.7 Å². The van der Waals surface area contributed by atoms with Gasteiger partial charge in [-0.25, -0.2) is 0 Å². The fraction of sp³-hybridized carbons (Fsp3) is 0.333. The van der Waals surface area contributed by atoms with Gasteiger partial charge in [0.05, 0.1) is 0 Å². The Morgan fingerprint density at radius 1 is 1.39 bits per heavy atom. The van der Waals surface area contributed by atoms with Crippen molar-refractivity contribution >= 4 is 5.91 Å². The zero-order valence-electron chi connectivity index (χ0n) is 10.6. The number of nitrogens with zero attached hydrogens (tertiary/aromatic N) is 4. The summed E-state index contributed by atoms with van der Waals surface area (Å²) in [5, 5.41) is 13.0. The van der Waals surface area contributed by atoms with E-state index < -0.39 is 0 Å². The highest BCUT2D eigenvalue weighted by Gasteiger charge is 2.16. The van der Waals surface area contributed by atoms with Crippen LogP contribution in [-0.2, 0) is 6.54 Å². The van der Waals surface area contributed by atoms with Crippen molar-refractivity contribution in [3.8, 4) is 0 Å². The first-order valence-electron chi connectivity index (χ1n) is 5.63. The van der Waals surface area contributed by atoms with Gasteiger partial charge in [0.15, 0.2) is 0 Å². The number of H-pyrrole nitrogens is 1. The number of tetrazole rings is 1. The molecule has 0 fully saturated rings. The highest BCUT2D eigenvalue weighted by atomic mass is 16.2. The summed E-state index contributed by atoms with van der Waals surface area (Å²) in [7, 11) is 1.72. The van der Waals surface area contributed by atoms with Gasteiger partial charge < -0.3 is 4.90 Å². The van der Waals surface area contributed by atoms with Crippen LogP contribution in [0.5, 0.6) is 0 Å². The van der Waals surface area contributed by atoms with Gasteiger partial charge in [-0.2, -0.15) is 5.21 Å². The first-order valence-corrected chi connectivity index (χ1v) is 5.63. The SMILES string of the molecule is Cc1ccc(CN(C)C(=O)c2nn[nH]n2)c(C)c1. The molecule has 1 aromatic heterocycles. The molecule has 0 aliphatic rings. The van der Waals surface area contributed by atoms with Gasteiger partial charge in [0.1, 0.15) is 0 Å². The number of amides is 1. The number of aryl methyl sites for hydroxylation is 2. The lowest BCUT2D eigenvalue weighted by Crippen LogP contribution is -2.27. The average molecular weight is 245 g/mol. The molecular weight excluding hydrogens is 230 g/mol. The topological polar surface area (TPSA) is 74.8 Å². The van der Waals surface area contributed by atoms with Gasteiger partial charge in [0, 0.05) is 13.6 Å². The summed E-state index contributed by atoms with van der Waals surface area (Å²) in [5.41, 5.74) is 3.49. The Balaban J connectivity index is 2.11. The normalized spacial score (nSPS) is 10.4. The minimum atomic E-state index is -0.247. The van der Waals surface area contributed by atoms with E-state index >= 15 is 0 Å². The fourth-order valence-corrected chi connectivity index (χ4v) is 1.77. The highest BCUT2D eigenvalue weighted by Crippen LogP contribution is 2.13. The Hall–Kier alpha value is -2.24. The van der Waals surface area contributed by atoms with E-state index in [0.29, 0.717) is 6.54 Å². The first kappa shape index (κ1) is 12.2. The molecule has 6 nitrogen and oxygen atoms in total. The Kier molecular flexibility index (Phi) is 3.36. The number of carbonyl (C=O) groups excluding carboxylic acids is 1. The van der Waals surface area contributed by atoms with Gasteiger partial charge in [-0.1, -0.05) is 23.8 Å². The van der Waals surface area contributed by atoms with Crippen LogP contribution >= 0.6 is 0 Å². The van der Waals surface area contributed by atoms with E-state index in [9.17, 15) is 4.79 Å². The van der Waals surface area contributed by atoms with Crippen LogP contribution in [0, 0.1) is 13.8 Å². The van der Waals surface area contributed by atoms with Crippen molar-refractivity contribution < 1.29 is 4.79 Å². The second-order valence-electron chi connectivity index (χ2n) is 4.33. The third-order valence-corrected chi connectivity index (χ3v) is 2.79. The molecule has 2 aromatic rings. The molecule has 6 heteroatoms. The molecule has 0 unspecified atom stereocenters. The maximum Gasteiger partial charge on any atom is 0.295 e. The summed E-state index contributed by atoms with van der Waals surface area (Å²) < 4.78 is 0. The Labute approximate surface area is 105 Å². The molecule has 0 saturated carbocycles. The Bertz CT molecular complexity index is 550. The van der Waals surface area contributed by atoms with Crippen LogP contribution in [0.15, 0.2) is 18.2 Å². The van der Waals surface area contributed by atoms with Gasteiger partial charge in [0.25, 0.3) is 11.7 Å². The summed E-state index contributed by atoms with van der Waals surface area (Å²) in [6, 6.07) is 6.17. The van der Waals surface area contributed by atoms with E-state index in [1.165, 1.54) is 11.1 Å². The summed E-state index contributed by atoms with van der Waals surface area (Å²) in [5.74, 6) is -0.161. The second-order valence-corrected chi connectivity index (χ2v) is 4.33. The molecule has 94 valence electrons. The van der Waals surface area contributed by atoms with E-state index in [1.54, 1.807) is 11.9 Å². The van der Waals surface area contributed by atoms with Crippen LogP contribution < -0.4 is 0 Å². The van der Waals surface area contributed by atoms with Gasteiger partial charge >= 0.3 is 0 Å². The molecule has 0 saturated heterocycles. The summed E-state index contributed by atoms with van der Waals surface area (Å²) in [4.78, 5) is 13.5. The van der Waals surface area contributed by atoms with Crippen molar-refractivity contribution in [2.24, 2.45) is 0 Å². The standard InChI is InChI=1S/C12H15N5O/c1-8-4-5-10(9(2)6-8)7-17(3)12(18)11-13-15-16-14-11/h4-6H,7H2,1-3H3,(H,13,14,15,16). The molecule has 1 aromatic carbocycles. The van der Waals surface area contributed by atoms with Crippen LogP contribution in [0.25, 0.3) is 0 Å². The molecule has 0 radical (unpaired) electrons. The molecule has 0 atom stereocenters. The van der Waals surface area contributed by atoms with Crippen LogP contribution in [-0.4, -0.2) is 38.5 Å². The Morgan fingerprint density at radius 2 is 2.17 bits per heavy atom. The first-order chi connectivity index (χ1) is 8.58. The van der Waals surface area contributed by atoms with Crippen LogP contribution in [0.4, 0.5) is 0 Å². The maximum atomic E-state index is 11.9. The number of benzene rings is 1. The monoisotopic (exact) mass is 245 g/mol. The third kappa shape index (κ3) is 2.53. The zero-order valence-corrected chi connectivity index (χ0v) is 10.6. The summed E-state index contributed by atoms with van der Waals surface area (Å²) in [6.07, 6.45) is 0.